The van der Waals surface area contributed by atoms with E-state index in [0.717, 1.165) is 12.7 Å². The number of para-hydroxylation sites is 1. The summed E-state index contributed by atoms with van der Waals surface area (Å²) in [7, 11) is -3.35. The minimum Gasteiger partial charge on any atom is -0.480 e. The largest absolute Gasteiger partial charge is 0.480 e. The molecule has 0 aliphatic carbocycles. The molecule has 0 aromatic heterocycles. The summed E-state index contributed by atoms with van der Waals surface area (Å²) in [5, 5.41) is 9.15. The average molecular weight is 269 g/mol. The summed E-state index contributed by atoms with van der Waals surface area (Å²) in [6, 6.07) is 5.92. The van der Waals surface area contributed by atoms with E-state index in [1.54, 1.807) is 23.1 Å². The summed E-state index contributed by atoms with van der Waals surface area (Å²) in [5.41, 5.74) is 0.491. The van der Waals surface area contributed by atoms with E-state index in [9.17, 15) is 13.2 Å². The zero-order valence-corrected chi connectivity index (χ0v) is 10.9. The van der Waals surface area contributed by atoms with Gasteiger partial charge in [-0.1, -0.05) is 12.1 Å². The van der Waals surface area contributed by atoms with Gasteiger partial charge in [0.2, 0.25) is 0 Å². The SMILES string of the molecule is CS(=O)(=O)c1ccccc1N1CCCC1C(=O)O. The molecule has 0 bridgehead atoms. The topological polar surface area (TPSA) is 74.7 Å². The summed E-state index contributed by atoms with van der Waals surface area (Å²) < 4.78 is 23.4. The van der Waals surface area contributed by atoms with E-state index in [1.165, 1.54) is 6.07 Å². The number of nitrogens with zero attached hydrogens (tertiary/aromatic N) is 1. The highest BCUT2D eigenvalue weighted by Gasteiger charge is 2.32. The van der Waals surface area contributed by atoms with Crippen LogP contribution in [-0.4, -0.2) is 38.3 Å². The lowest BCUT2D eigenvalue weighted by Crippen LogP contribution is -2.36. The Bertz CT molecular complexity index is 567. The predicted molar refractivity (Wildman–Crippen MR) is 67.6 cm³/mol. The van der Waals surface area contributed by atoms with Crippen molar-refractivity contribution in [1.82, 2.24) is 0 Å². The number of carboxylic acids is 1. The molecule has 5 nitrogen and oxygen atoms in total. The van der Waals surface area contributed by atoms with Crippen LogP contribution in [0.1, 0.15) is 12.8 Å². The Kier molecular flexibility index (Phi) is 3.30. The van der Waals surface area contributed by atoms with E-state index in [0.29, 0.717) is 18.7 Å². The zero-order chi connectivity index (χ0) is 13.3. The maximum absolute atomic E-state index is 11.7. The molecule has 2 rings (SSSR count). The highest BCUT2D eigenvalue weighted by Crippen LogP contribution is 2.31. The number of benzene rings is 1. The lowest BCUT2D eigenvalue weighted by Gasteiger charge is -2.25. The molecular weight excluding hydrogens is 254 g/mol. The van der Waals surface area contributed by atoms with Crippen molar-refractivity contribution in [3.63, 3.8) is 0 Å². The maximum Gasteiger partial charge on any atom is 0.326 e. The summed E-state index contributed by atoms with van der Waals surface area (Å²) in [6.45, 7) is 0.573. The van der Waals surface area contributed by atoms with Crippen molar-refractivity contribution in [2.24, 2.45) is 0 Å². The van der Waals surface area contributed by atoms with E-state index in [1.807, 2.05) is 0 Å². The van der Waals surface area contributed by atoms with Gasteiger partial charge in [0, 0.05) is 12.8 Å². The second kappa shape index (κ2) is 4.61. The number of hydrogen-bond donors (Lipinski definition) is 1. The van der Waals surface area contributed by atoms with Crippen LogP contribution in [0.3, 0.4) is 0 Å². The van der Waals surface area contributed by atoms with Crippen molar-refractivity contribution < 1.29 is 18.3 Å². The van der Waals surface area contributed by atoms with Crippen molar-refractivity contribution in [2.45, 2.75) is 23.8 Å². The number of aliphatic carboxylic acids is 1. The third-order valence-electron chi connectivity index (χ3n) is 3.11. The molecule has 1 unspecified atom stereocenters. The van der Waals surface area contributed by atoms with Gasteiger partial charge in [-0.05, 0) is 25.0 Å². The molecule has 1 heterocycles. The quantitative estimate of drug-likeness (QED) is 0.890. The molecule has 1 aliphatic rings. The second-order valence-corrected chi connectivity index (χ2v) is 6.41. The van der Waals surface area contributed by atoms with E-state index in [2.05, 4.69) is 0 Å². The predicted octanol–water partition coefficient (Wildman–Crippen LogP) is 1.14. The van der Waals surface area contributed by atoms with Gasteiger partial charge in [-0.3, -0.25) is 0 Å². The van der Waals surface area contributed by atoms with Crippen LogP contribution in [0.25, 0.3) is 0 Å². The summed E-state index contributed by atoms with van der Waals surface area (Å²) in [5.74, 6) is -0.907. The second-order valence-electron chi connectivity index (χ2n) is 4.43. The fourth-order valence-corrected chi connectivity index (χ4v) is 3.21. The van der Waals surface area contributed by atoms with Gasteiger partial charge in [-0.25, -0.2) is 13.2 Å². The Morgan fingerprint density at radius 1 is 1.39 bits per heavy atom. The lowest BCUT2D eigenvalue weighted by molar-refractivity contribution is -0.138. The Labute approximate surface area is 106 Å². The fourth-order valence-electron chi connectivity index (χ4n) is 2.32. The minimum atomic E-state index is -3.35. The molecule has 0 amide bonds. The van der Waals surface area contributed by atoms with E-state index in [-0.39, 0.29) is 4.90 Å². The third kappa shape index (κ3) is 2.33. The minimum absolute atomic E-state index is 0.193. The number of rotatable bonds is 3. The Hall–Kier alpha value is -1.56. The lowest BCUT2D eigenvalue weighted by atomic mass is 10.2. The third-order valence-corrected chi connectivity index (χ3v) is 4.26. The molecule has 1 saturated heterocycles. The highest BCUT2D eigenvalue weighted by atomic mass is 32.2. The van der Waals surface area contributed by atoms with Crippen molar-refractivity contribution in [1.29, 1.82) is 0 Å². The van der Waals surface area contributed by atoms with E-state index >= 15 is 0 Å². The van der Waals surface area contributed by atoms with Crippen LogP contribution in [-0.2, 0) is 14.6 Å². The number of hydrogen-bond acceptors (Lipinski definition) is 4. The first-order valence-corrected chi connectivity index (χ1v) is 7.59. The molecule has 1 fully saturated rings. The van der Waals surface area contributed by atoms with Crippen molar-refractivity contribution in [3.05, 3.63) is 24.3 Å². The van der Waals surface area contributed by atoms with Crippen LogP contribution in [0.2, 0.25) is 0 Å². The van der Waals surface area contributed by atoms with Crippen LogP contribution >= 0.6 is 0 Å². The highest BCUT2D eigenvalue weighted by molar-refractivity contribution is 7.90. The Balaban J connectivity index is 2.49. The van der Waals surface area contributed by atoms with Gasteiger partial charge in [0.1, 0.15) is 6.04 Å². The van der Waals surface area contributed by atoms with Gasteiger partial charge < -0.3 is 10.0 Å². The van der Waals surface area contributed by atoms with Crippen molar-refractivity contribution in [3.8, 4) is 0 Å². The van der Waals surface area contributed by atoms with Crippen LogP contribution in [0.15, 0.2) is 29.2 Å². The van der Waals surface area contributed by atoms with Crippen LogP contribution in [0.5, 0.6) is 0 Å². The molecule has 1 aromatic carbocycles. The van der Waals surface area contributed by atoms with Crippen LogP contribution in [0, 0.1) is 0 Å². The smallest absolute Gasteiger partial charge is 0.326 e. The number of carbonyl (C=O) groups is 1. The molecule has 0 spiro atoms. The first kappa shape index (κ1) is 12.9. The van der Waals surface area contributed by atoms with E-state index < -0.39 is 21.8 Å². The fraction of sp³-hybridized carbons (Fsp3) is 0.417. The molecule has 1 aromatic rings. The van der Waals surface area contributed by atoms with Gasteiger partial charge >= 0.3 is 5.97 Å². The normalized spacial score (nSPS) is 20.1. The average Bonchev–Trinajstić information content (AvgIpc) is 2.76. The van der Waals surface area contributed by atoms with Gasteiger partial charge in [-0.2, -0.15) is 0 Å². The molecule has 1 aliphatic heterocycles. The molecule has 0 radical (unpaired) electrons. The summed E-state index contributed by atoms with van der Waals surface area (Å²) >= 11 is 0. The standard InChI is InChI=1S/C12H15NO4S/c1-18(16,17)11-7-3-2-5-9(11)13-8-4-6-10(13)12(14)15/h2-3,5,7,10H,4,6,8H2,1H3,(H,14,15). The molecular formula is C12H15NO4S. The number of carboxylic acid groups (broad SMARTS) is 1. The van der Waals surface area contributed by atoms with Gasteiger partial charge in [-0.15, -0.1) is 0 Å². The summed E-state index contributed by atoms with van der Waals surface area (Å²) in [4.78, 5) is 13.0. The molecule has 18 heavy (non-hydrogen) atoms. The molecule has 1 N–H and O–H groups in total. The van der Waals surface area contributed by atoms with Gasteiger partial charge in [0.05, 0.1) is 10.6 Å². The first-order valence-electron chi connectivity index (χ1n) is 5.70. The molecule has 1 atom stereocenters. The Morgan fingerprint density at radius 2 is 2.06 bits per heavy atom. The van der Waals surface area contributed by atoms with Crippen molar-refractivity contribution in [2.75, 3.05) is 17.7 Å². The molecule has 0 saturated carbocycles. The first-order chi connectivity index (χ1) is 8.41. The monoisotopic (exact) mass is 269 g/mol. The number of sulfone groups is 1. The van der Waals surface area contributed by atoms with Crippen molar-refractivity contribution >= 4 is 21.5 Å². The van der Waals surface area contributed by atoms with E-state index in [4.69, 9.17) is 5.11 Å². The van der Waals surface area contributed by atoms with Crippen LogP contribution in [0.4, 0.5) is 5.69 Å². The van der Waals surface area contributed by atoms with Crippen LogP contribution < -0.4 is 4.90 Å². The molecule has 6 heteroatoms. The molecule has 98 valence electrons. The number of anilines is 1. The maximum atomic E-state index is 11.7. The zero-order valence-electron chi connectivity index (χ0n) is 10.0. The summed E-state index contributed by atoms with van der Waals surface area (Å²) in [6.07, 6.45) is 2.44. The Morgan fingerprint density at radius 3 is 2.67 bits per heavy atom. The van der Waals surface area contributed by atoms with Gasteiger partial charge in [0.25, 0.3) is 0 Å². The van der Waals surface area contributed by atoms with Gasteiger partial charge in [0.15, 0.2) is 9.84 Å².